The number of aliphatic hydroxyl groups is 1. The monoisotopic (exact) mass is 311 g/mol. The first kappa shape index (κ1) is 12.8. The third-order valence-electron chi connectivity index (χ3n) is 2.62. The molecule has 2 heterocycles. The van der Waals surface area contributed by atoms with E-state index in [4.69, 9.17) is 0 Å². The van der Waals surface area contributed by atoms with Crippen LogP contribution >= 0.6 is 11.3 Å². The zero-order chi connectivity index (χ0) is 14.3. The Hall–Kier alpha value is -2.26. The molecule has 0 bridgehead atoms. The summed E-state index contributed by atoms with van der Waals surface area (Å²) in [7, 11) is -3.91. The first-order chi connectivity index (χ1) is 9.47. The Bertz CT molecular complexity index is 784. The third kappa shape index (κ3) is 2.06. The van der Waals surface area contributed by atoms with Crippen LogP contribution in [0.3, 0.4) is 0 Å². The normalized spacial score (nSPS) is 16.8. The fourth-order valence-corrected chi connectivity index (χ4v) is 3.50. The Morgan fingerprint density at radius 2 is 2.10 bits per heavy atom. The average Bonchev–Trinajstić information content (AvgIpc) is 2.97. The minimum atomic E-state index is -3.91. The van der Waals surface area contributed by atoms with Gasteiger partial charge in [0.2, 0.25) is 5.88 Å². The fraction of sp³-hybridized carbons (Fsp3) is 0. The second-order valence-corrected chi connectivity index (χ2v) is 6.40. The van der Waals surface area contributed by atoms with E-state index in [1.54, 1.807) is 17.6 Å². The molecule has 104 valence electrons. The summed E-state index contributed by atoms with van der Waals surface area (Å²) >= 11 is 1.40. The summed E-state index contributed by atoms with van der Waals surface area (Å²) in [5.41, 5.74) is 0.723. The molecule has 20 heavy (non-hydrogen) atoms. The van der Waals surface area contributed by atoms with E-state index in [0.717, 1.165) is 10.5 Å². The maximum atomic E-state index is 11.7. The van der Waals surface area contributed by atoms with E-state index in [9.17, 15) is 18.6 Å². The van der Waals surface area contributed by atoms with Gasteiger partial charge in [0, 0.05) is 17.1 Å². The summed E-state index contributed by atoms with van der Waals surface area (Å²) in [6.07, 6.45) is 2.62. The van der Waals surface area contributed by atoms with Gasteiger partial charge in [-0.15, -0.1) is 11.3 Å². The van der Waals surface area contributed by atoms with E-state index in [0.29, 0.717) is 10.6 Å². The SMILES string of the molecule is O=S1(=O)NC(O)=CN1c1ccc(-c2nccs2)cc1O. The number of thiazole rings is 1. The lowest BCUT2D eigenvalue weighted by Gasteiger charge is -2.15. The molecule has 0 spiro atoms. The number of benzene rings is 1. The lowest BCUT2D eigenvalue weighted by Crippen LogP contribution is -2.29. The van der Waals surface area contributed by atoms with Crippen LogP contribution in [-0.2, 0) is 10.2 Å². The van der Waals surface area contributed by atoms with Crippen molar-refractivity contribution in [3.05, 3.63) is 41.9 Å². The van der Waals surface area contributed by atoms with Crippen LogP contribution in [0.2, 0.25) is 0 Å². The van der Waals surface area contributed by atoms with Crippen LogP contribution in [0.1, 0.15) is 0 Å². The molecule has 0 fully saturated rings. The zero-order valence-electron chi connectivity index (χ0n) is 9.89. The van der Waals surface area contributed by atoms with Crippen molar-refractivity contribution in [2.24, 2.45) is 0 Å². The van der Waals surface area contributed by atoms with Crippen LogP contribution in [0.15, 0.2) is 41.9 Å². The molecule has 0 aliphatic carbocycles. The van der Waals surface area contributed by atoms with Gasteiger partial charge in [-0.1, -0.05) is 0 Å². The van der Waals surface area contributed by atoms with Crippen LogP contribution < -0.4 is 9.03 Å². The molecule has 0 amide bonds. The summed E-state index contributed by atoms with van der Waals surface area (Å²) < 4.78 is 26.1. The molecule has 0 saturated carbocycles. The summed E-state index contributed by atoms with van der Waals surface area (Å²) in [6, 6.07) is 4.51. The second kappa shape index (κ2) is 4.39. The van der Waals surface area contributed by atoms with E-state index in [-0.39, 0.29) is 11.4 Å². The highest BCUT2D eigenvalue weighted by molar-refractivity contribution is 7.91. The van der Waals surface area contributed by atoms with E-state index >= 15 is 0 Å². The highest BCUT2D eigenvalue weighted by Gasteiger charge is 2.30. The zero-order valence-corrected chi connectivity index (χ0v) is 11.5. The fourth-order valence-electron chi connectivity index (χ4n) is 1.80. The maximum Gasteiger partial charge on any atom is 0.330 e. The van der Waals surface area contributed by atoms with Crippen LogP contribution in [0.25, 0.3) is 10.6 Å². The number of phenols is 1. The topological polar surface area (TPSA) is 103 Å². The number of rotatable bonds is 2. The molecule has 1 aliphatic rings. The van der Waals surface area contributed by atoms with Gasteiger partial charge in [0.15, 0.2) is 0 Å². The van der Waals surface area contributed by atoms with Crippen LogP contribution in [0.5, 0.6) is 5.75 Å². The number of nitrogens with zero attached hydrogens (tertiary/aromatic N) is 2. The van der Waals surface area contributed by atoms with Crippen molar-refractivity contribution < 1.29 is 18.6 Å². The van der Waals surface area contributed by atoms with Gasteiger partial charge in [-0.05, 0) is 18.2 Å². The minimum absolute atomic E-state index is 0.0434. The Morgan fingerprint density at radius 1 is 1.30 bits per heavy atom. The number of aliphatic hydroxyl groups excluding tert-OH is 1. The number of anilines is 1. The lowest BCUT2D eigenvalue weighted by molar-refractivity contribution is 0.392. The molecule has 9 heteroatoms. The van der Waals surface area contributed by atoms with E-state index in [1.165, 1.54) is 23.5 Å². The second-order valence-electron chi connectivity index (χ2n) is 3.96. The summed E-state index contributed by atoms with van der Waals surface area (Å²) in [6.45, 7) is 0. The van der Waals surface area contributed by atoms with E-state index in [1.807, 2.05) is 4.72 Å². The lowest BCUT2D eigenvalue weighted by atomic mass is 10.2. The largest absolute Gasteiger partial charge is 0.506 e. The molecule has 0 radical (unpaired) electrons. The van der Waals surface area contributed by atoms with Crippen molar-refractivity contribution in [1.82, 2.24) is 9.71 Å². The van der Waals surface area contributed by atoms with Crippen LogP contribution in [0.4, 0.5) is 5.69 Å². The Kier molecular flexibility index (Phi) is 2.80. The first-order valence-electron chi connectivity index (χ1n) is 5.43. The molecular formula is C11H9N3O4S2. The summed E-state index contributed by atoms with van der Waals surface area (Å²) in [5, 5.41) is 21.7. The molecule has 1 aromatic heterocycles. The standard InChI is InChI=1S/C11H9N3O4S2/c15-9-5-7(11-12-3-4-19-11)1-2-8(9)14-6-10(16)13-20(14,17)18/h1-6,13,15-16H. The van der Waals surface area contributed by atoms with E-state index < -0.39 is 16.1 Å². The van der Waals surface area contributed by atoms with Gasteiger partial charge in [0.25, 0.3) is 0 Å². The molecule has 3 N–H and O–H groups in total. The van der Waals surface area contributed by atoms with Crippen molar-refractivity contribution in [3.8, 4) is 16.3 Å². The quantitative estimate of drug-likeness (QED) is 0.780. The number of aromatic nitrogens is 1. The molecule has 0 atom stereocenters. The highest BCUT2D eigenvalue weighted by Crippen LogP contribution is 2.35. The Labute approximate surface area is 118 Å². The Balaban J connectivity index is 2.05. The first-order valence-corrected chi connectivity index (χ1v) is 7.75. The predicted octanol–water partition coefficient (Wildman–Crippen LogP) is 1.53. The van der Waals surface area contributed by atoms with Crippen molar-refractivity contribution >= 4 is 27.2 Å². The van der Waals surface area contributed by atoms with Gasteiger partial charge in [-0.2, -0.15) is 8.42 Å². The van der Waals surface area contributed by atoms with Crippen molar-refractivity contribution in [2.45, 2.75) is 0 Å². The number of nitrogens with one attached hydrogen (secondary N) is 1. The molecule has 1 aromatic carbocycles. The number of aromatic hydroxyl groups is 1. The van der Waals surface area contributed by atoms with Gasteiger partial charge < -0.3 is 10.2 Å². The number of phenolic OH excluding ortho intramolecular Hbond substituents is 1. The van der Waals surface area contributed by atoms with Gasteiger partial charge in [0.05, 0.1) is 6.20 Å². The van der Waals surface area contributed by atoms with E-state index in [2.05, 4.69) is 4.98 Å². The van der Waals surface area contributed by atoms with Crippen molar-refractivity contribution in [3.63, 3.8) is 0 Å². The predicted molar refractivity (Wildman–Crippen MR) is 74.5 cm³/mol. The summed E-state index contributed by atoms with van der Waals surface area (Å²) in [5.74, 6) is -0.734. The van der Waals surface area contributed by atoms with Crippen LogP contribution in [-0.4, -0.2) is 23.6 Å². The van der Waals surface area contributed by atoms with Crippen molar-refractivity contribution in [2.75, 3.05) is 4.31 Å². The highest BCUT2D eigenvalue weighted by atomic mass is 32.2. The van der Waals surface area contributed by atoms with Crippen molar-refractivity contribution in [1.29, 1.82) is 0 Å². The summed E-state index contributed by atoms with van der Waals surface area (Å²) in [4.78, 5) is 4.11. The Morgan fingerprint density at radius 3 is 2.65 bits per heavy atom. The molecular weight excluding hydrogens is 302 g/mol. The molecule has 0 unspecified atom stereocenters. The van der Waals surface area contributed by atoms with Gasteiger partial charge >= 0.3 is 10.2 Å². The molecule has 3 rings (SSSR count). The minimum Gasteiger partial charge on any atom is -0.506 e. The van der Waals surface area contributed by atoms with Crippen LogP contribution in [0, 0.1) is 0 Å². The molecule has 1 aliphatic heterocycles. The van der Waals surface area contributed by atoms with Gasteiger partial charge in [-0.25, -0.2) is 14.0 Å². The third-order valence-corrected chi connectivity index (χ3v) is 4.73. The van der Waals surface area contributed by atoms with Gasteiger partial charge in [-0.3, -0.25) is 0 Å². The molecule has 2 aromatic rings. The smallest absolute Gasteiger partial charge is 0.330 e. The maximum absolute atomic E-state index is 11.7. The number of hydrogen-bond acceptors (Lipinski definition) is 6. The number of hydrogen-bond donors (Lipinski definition) is 3. The average molecular weight is 311 g/mol. The molecule has 0 saturated heterocycles. The molecule has 7 nitrogen and oxygen atoms in total. The van der Waals surface area contributed by atoms with Gasteiger partial charge in [0.1, 0.15) is 16.4 Å².